The predicted octanol–water partition coefficient (Wildman–Crippen LogP) is 6.45. The third kappa shape index (κ3) is 5.47. The van der Waals surface area contributed by atoms with Crippen molar-refractivity contribution in [2.75, 3.05) is 18.5 Å². The number of nitrogens with zero attached hydrogens (tertiary/aromatic N) is 1. The highest BCUT2D eigenvalue weighted by atomic mass is 16.5. The van der Waals surface area contributed by atoms with Crippen molar-refractivity contribution in [3.63, 3.8) is 0 Å². The van der Waals surface area contributed by atoms with E-state index in [-0.39, 0.29) is 18.4 Å². The lowest BCUT2D eigenvalue weighted by molar-refractivity contribution is -0.121. The molecular formula is C33H28N2O4. The summed E-state index contributed by atoms with van der Waals surface area (Å²) in [5, 5.41) is 4.90. The summed E-state index contributed by atoms with van der Waals surface area (Å²) in [6.45, 7) is 1.49. The number of carbonyl (C=O) groups is 2. The van der Waals surface area contributed by atoms with Crippen molar-refractivity contribution in [2.45, 2.75) is 19.6 Å². The smallest absolute Gasteiger partial charge is 0.254 e. The van der Waals surface area contributed by atoms with Gasteiger partial charge in [-0.2, -0.15) is 0 Å². The monoisotopic (exact) mass is 516 g/mol. The average Bonchev–Trinajstić information content (AvgIpc) is 3.41. The van der Waals surface area contributed by atoms with Gasteiger partial charge >= 0.3 is 0 Å². The zero-order valence-electron chi connectivity index (χ0n) is 21.4. The molecule has 0 unspecified atom stereocenters. The number of furan rings is 1. The van der Waals surface area contributed by atoms with E-state index in [0.717, 1.165) is 44.5 Å². The van der Waals surface area contributed by atoms with Gasteiger partial charge < -0.3 is 19.4 Å². The summed E-state index contributed by atoms with van der Waals surface area (Å²) in [7, 11) is 0. The van der Waals surface area contributed by atoms with Crippen molar-refractivity contribution < 1.29 is 18.7 Å². The topological polar surface area (TPSA) is 71.8 Å². The van der Waals surface area contributed by atoms with Gasteiger partial charge in [0, 0.05) is 41.9 Å². The molecule has 6 nitrogen and oxygen atoms in total. The van der Waals surface area contributed by atoms with Crippen LogP contribution in [0.5, 0.6) is 0 Å². The molecule has 0 atom stereocenters. The van der Waals surface area contributed by atoms with Crippen molar-refractivity contribution in [1.29, 1.82) is 0 Å². The molecule has 39 heavy (non-hydrogen) atoms. The molecule has 0 aliphatic carbocycles. The first kappa shape index (κ1) is 24.6. The Hall–Kier alpha value is -4.68. The number of hydrogen-bond acceptors (Lipinski definition) is 4. The summed E-state index contributed by atoms with van der Waals surface area (Å²) in [6, 6.07) is 33.1. The minimum absolute atomic E-state index is 0.0183. The largest absolute Gasteiger partial charge is 0.461 e. The van der Waals surface area contributed by atoms with Crippen molar-refractivity contribution in [2.24, 2.45) is 0 Å². The molecule has 1 aliphatic rings. The normalized spacial score (nSPS) is 12.8. The maximum Gasteiger partial charge on any atom is 0.254 e. The van der Waals surface area contributed by atoms with Gasteiger partial charge in [-0.3, -0.25) is 9.59 Å². The summed E-state index contributed by atoms with van der Waals surface area (Å²) in [5.41, 5.74) is 4.38. The molecule has 0 bridgehead atoms. The molecule has 1 N–H and O–H groups in total. The molecule has 1 aliphatic heterocycles. The Balaban J connectivity index is 1.08. The fraction of sp³-hybridized carbons (Fsp3) is 0.152. The number of anilines is 1. The molecule has 0 saturated carbocycles. The van der Waals surface area contributed by atoms with E-state index in [2.05, 4.69) is 5.32 Å². The fourth-order valence-electron chi connectivity index (χ4n) is 4.98. The zero-order valence-corrected chi connectivity index (χ0v) is 21.4. The Morgan fingerprint density at radius 1 is 0.872 bits per heavy atom. The quantitative estimate of drug-likeness (QED) is 0.270. The van der Waals surface area contributed by atoms with Crippen LogP contribution in [0.15, 0.2) is 108 Å². The summed E-state index contributed by atoms with van der Waals surface area (Å²) in [6.07, 6.45) is 0.670. The van der Waals surface area contributed by atoms with Gasteiger partial charge in [0.2, 0.25) is 5.91 Å². The van der Waals surface area contributed by atoms with Gasteiger partial charge in [-0.05, 0) is 52.7 Å². The molecule has 5 aromatic rings. The van der Waals surface area contributed by atoms with Crippen LogP contribution < -0.4 is 5.32 Å². The molecule has 4 aromatic carbocycles. The average molecular weight is 517 g/mol. The number of fused-ring (bicyclic) bond motifs is 2. The highest BCUT2D eigenvalue weighted by Crippen LogP contribution is 2.31. The second kappa shape index (κ2) is 11.0. The van der Waals surface area contributed by atoms with Crippen LogP contribution in [-0.2, 0) is 29.1 Å². The highest BCUT2D eigenvalue weighted by molar-refractivity contribution is 6.07. The number of nitrogens with one attached hydrogen (secondary N) is 1. The highest BCUT2D eigenvalue weighted by Gasteiger charge is 2.26. The lowest BCUT2D eigenvalue weighted by atomic mass is 10.0. The van der Waals surface area contributed by atoms with E-state index in [4.69, 9.17) is 9.15 Å². The van der Waals surface area contributed by atoms with Gasteiger partial charge in [-0.1, -0.05) is 66.7 Å². The van der Waals surface area contributed by atoms with Gasteiger partial charge in [-0.25, -0.2) is 0 Å². The number of ether oxygens (including phenoxy) is 1. The lowest BCUT2D eigenvalue weighted by Gasteiger charge is -2.26. The van der Waals surface area contributed by atoms with Crippen LogP contribution in [0.4, 0.5) is 5.69 Å². The number of carbonyl (C=O) groups excluding carboxylic acids is 2. The molecule has 0 spiro atoms. The van der Waals surface area contributed by atoms with Gasteiger partial charge in [0.15, 0.2) is 0 Å². The molecule has 0 saturated heterocycles. The van der Waals surface area contributed by atoms with E-state index in [1.54, 1.807) is 0 Å². The lowest BCUT2D eigenvalue weighted by Crippen LogP contribution is -2.35. The molecule has 2 amide bonds. The first-order chi connectivity index (χ1) is 19.1. The van der Waals surface area contributed by atoms with Crippen LogP contribution in [-0.4, -0.2) is 29.9 Å². The molecule has 194 valence electrons. The standard InChI is InChI=1S/C33H28N2O4/c36-32(22-38-21-23-7-2-1-3-8-23)34-27-15-13-25(14-16-27)31-19-26-20-35(18-17-30(26)39-31)33(37)29-12-6-10-24-9-4-5-11-28(24)29/h1-16,19H,17-18,20-22H2,(H,34,36). The fourth-order valence-corrected chi connectivity index (χ4v) is 4.98. The van der Waals surface area contributed by atoms with E-state index in [1.165, 1.54) is 0 Å². The maximum absolute atomic E-state index is 13.4. The summed E-state index contributed by atoms with van der Waals surface area (Å²) in [4.78, 5) is 27.6. The third-order valence-electron chi connectivity index (χ3n) is 6.97. The Morgan fingerprint density at radius 2 is 1.64 bits per heavy atom. The second-order valence-corrected chi connectivity index (χ2v) is 9.67. The van der Waals surface area contributed by atoms with Crippen LogP contribution in [0, 0.1) is 0 Å². The minimum atomic E-state index is -0.205. The molecular weight excluding hydrogens is 488 g/mol. The van der Waals surface area contributed by atoms with E-state index < -0.39 is 0 Å². The first-order valence-electron chi connectivity index (χ1n) is 13.0. The Kier molecular flexibility index (Phi) is 6.93. The van der Waals surface area contributed by atoms with Crippen LogP contribution in [0.3, 0.4) is 0 Å². The Labute approximate surface area is 226 Å². The van der Waals surface area contributed by atoms with E-state index in [1.807, 2.05) is 108 Å². The van der Waals surface area contributed by atoms with E-state index in [0.29, 0.717) is 31.8 Å². The summed E-state index contributed by atoms with van der Waals surface area (Å²) < 4.78 is 11.7. The number of hydrogen-bond donors (Lipinski definition) is 1. The van der Waals surface area contributed by atoms with Crippen molar-refractivity contribution >= 4 is 28.3 Å². The van der Waals surface area contributed by atoms with Gasteiger partial charge in [0.05, 0.1) is 6.61 Å². The Bertz CT molecular complexity index is 1620. The minimum Gasteiger partial charge on any atom is -0.461 e. The third-order valence-corrected chi connectivity index (χ3v) is 6.97. The van der Waals surface area contributed by atoms with Gasteiger partial charge in [0.1, 0.15) is 18.1 Å². The number of benzene rings is 4. The van der Waals surface area contributed by atoms with Crippen LogP contribution >= 0.6 is 0 Å². The number of rotatable bonds is 7. The van der Waals surface area contributed by atoms with Crippen molar-refractivity contribution in [3.05, 3.63) is 126 Å². The molecule has 6 rings (SSSR count). The number of amides is 2. The molecule has 1 aromatic heterocycles. The van der Waals surface area contributed by atoms with Crippen LogP contribution in [0.2, 0.25) is 0 Å². The van der Waals surface area contributed by atoms with Gasteiger partial charge in [-0.15, -0.1) is 0 Å². The van der Waals surface area contributed by atoms with E-state index >= 15 is 0 Å². The van der Waals surface area contributed by atoms with Gasteiger partial charge in [0.25, 0.3) is 5.91 Å². The van der Waals surface area contributed by atoms with Crippen molar-refractivity contribution in [1.82, 2.24) is 4.90 Å². The summed E-state index contributed by atoms with van der Waals surface area (Å²) in [5.74, 6) is 1.50. The van der Waals surface area contributed by atoms with Crippen molar-refractivity contribution in [3.8, 4) is 11.3 Å². The predicted molar refractivity (Wildman–Crippen MR) is 151 cm³/mol. The maximum atomic E-state index is 13.4. The second-order valence-electron chi connectivity index (χ2n) is 9.67. The molecule has 0 fully saturated rings. The Morgan fingerprint density at radius 3 is 2.49 bits per heavy atom. The molecule has 6 heteroatoms. The molecule has 2 heterocycles. The molecule has 0 radical (unpaired) electrons. The zero-order chi connectivity index (χ0) is 26.6. The van der Waals surface area contributed by atoms with Crippen LogP contribution in [0.25, 0.3) is 22.1 Å². The summed E-state index contributed by atoms with van der Waals surface area (Å²) >= 11 is 0. The first-order valence-corrected chi connectivity index (χ1v) is 13.0. The van der Waals surface area contributed by atoms with E-state index in [9.17, 15) is 9.59 Å². The van der Waals surface area contributed by atoms with Crippen LogP contribution in [0.1, 0.15) is 27.2 Å². The SMILES string of the molecule is O=C(COCc1ccccc1)Nc1ccc(-c2cc3c(o2)CCN(C(=O)c2cccc4ccccc24)C3)cc1.